The van der Waals surface area contributed by atoms with E-state index in [2.05, 4.69) is 10.2 Å². The van der Waals surface area contributed by atoms with E-state index in [1.165, 1.54) is 0 Å². The number of aliphatic hydroxyl groups is 1. The number of aryl methyl sites for hydroxylation is 1. The van der Waals surface area contributed by atoms with Gasteiger partial charge in [0.25, 0.3) is 5.91 Å². The number of aromatic nitrogens is 3. The molecule has 0 saturated heterocycles. The maximum Gasteiger partial charge on any atom is 0.258 e. The predicted molar refractivity (Wildman–Crippen MR) is 122 cm³/mol. The van der Waals surface area contributed by atoms with Gasteiger partial charge >= 0.3 is 0 Å². The van der Waals surface area contributed by atoms with Gasteiger partial charge in [-0.1, -0.05) is 23.7 Å². The summed E-state index contributed by atoms with van der Waals surface area (Å²) in [6.07, 6.45) is 2.59. The Labute approximate surface area is 200 Å². The lowest BCUT2D eigenvalue weighted by atomic mass is 9.42. The van der Waals surface area contributed by atoms with Gasteiger partial charge in [-0.2, -0.15) is 0 Å². The van der Waals surface area contributed by atoms with Crippen molar-refractivity contribution >= 4 is 23.2 Å². The van der Waals surface area contributed by atoms with E-state index in [-0.39, 0.29) is 30.8 Å². The molecule has 0 bridgehead atoms. The van der Waals surface area contributed by atoms with Crippen LogP contribution in [-0.4, -0.2) is 31.7 Å². The lowest BCUT2D eigenvalue weighted by Crippen LogP contribution is -2.61. The molecule has 9 heteroatoms. The average Bonchev–Trinajstić information content (AvgIpc) is 3.34. The van der Waals surface area contributed by atoms with Crippen molar-refractivity contribution in [2.24, 2.45) is 12.5 Å². The van der Waals surface area contributed by atoms with Crippen LogP contribution in [0.2, 0.25) is 5.02 Å². The molecule has 0 atom stereocenters. The third kappa shape index (κ3) is 3.04. The number of nitrogens with zero attached hydrogens (tertiary/aromatic N) is 4. The Morgan fingerprint density at radius 3 is 2.56 bits per heavy atom. The van der Waals surface area contributed by atoms with Gasteiger partial charge in [-0.25, -0.2) is 8.78 Å². The maximum atomic E-state index is 13.8. The topological polar surface area (TPSA) is 71.2 Å². The fourth-order valence-corrected chi connectivity index (χ4v) is 6.72. The molecule has 6 rings (SSSR count). The molecule has 3 aliphatic rings. The second-order valence-electron chi connectivity index (χ2n) is 10.1. The number of hydrogen-bond acceptors (Lipinski definition) is 4. The third-order valence-electron chi connectivity index (χ3n) is 7.70. The minimum atomic E-state index is -2.59. The van der Waals surface area contributed by atoms with E-state index in [0.717, 1.165) is 17.0 Å². The summed E-state index contributed by atoms with van der Waals surface area (Å²) in [6.45, 7) is 0.131. The van der Waals surface area contributed by atoms with Crippen molar-refractivity contribution in [3.63, 3.8) is 0 Å². The zero-order valence-corrected chi connectivity index (χ0v) is 19.3. The standard InChI is InChI=1S/C25H23ClF2N4O2/c1-31-14-29-30-22(31)24(10-23(11-24)12-25(27,28)13-23)16-3-2-4-17(7-16)32-8-19-18(21(32)34)5-15(9-33)6-20(19)26/h2-7,14,33H,8-13H2,1H3. The third-order valence-corrected chi connectivity index (χ3v) is 8.04. The molecule has 2 saturated carbocycles. The molecule has 1 aliphatic heterocycles. The van der Waals surface area contributed by atoms with Crippen LogP contribution >= 0.6 is 11.6 Å². The number of alkyl halides is 2. The summed E-state index contributed by atoms with van der Waals surface area (Å²) in [5.74, 6) is -2.02. The van der Waals surface area contributed by atoms with Gasteiger partial charge in [0.05, 0.1) is 18.6 Å². The molecule has 6 nitrogen and oxygen atoms in total. The van der Waals surface area contributed by atoms with E-state index in [1.54, 1.807) is 23.4 Å². The van der Waals surface area contributed by atoms with Crippen LogP contribution in [0.25, 0.3) is 0 Å². The first-order valence-electron chi connectivity index (χ1n) is 11.2. The average molecular weight is 485 g/mol. The highest BCUT2D eigenvalue weighted by atomic mass is 35.5. The van der Waals surface area contributed by atoms with Crippen molar-refractivity contribution in [3.05, 3.63) is 75.8 Å². The van der Waals surface area contributed by atoms with E-state index < -0.39 is 11.3 Å². The van der Waals surface area contributed by atoms with Crippen LogP contribution in [0, 0.1) is 5.41 Å². The molecule has 2 heterocycles. The Kier molecular flexibility index (Phi) is 4.52. The fraction of sp³-hybridized carbons (Fsp3) is 0.400. The largest absolute Gasteiger partial charge is 0.392 e. The molecule has 176 valence electrons. The molecule has 2 aliphatic carbocycles. The highest BCUT2D eigenvalue weighted by Crippen LogP contribution is 2.70. The second kappa shape index (κ2) is 7.09. The Balaban J connectivity index is 1.37. The smallest absolute Gasteiger partial charge is 0.258 e. The fourth-order valence-electron chi connectivity index (χ4n) is 6.42. The van der Waals surface area contributed by atoms with Gasteiger partial charge in [0.2, 0.25) is 5.92 Å². The summed E-state index contributed by atoms with van der Waals surface area (Å²) in [7, 11) is 1.86. The first-order valence-corrected chi connectivity index (χ1v) is 11.6. The minimum absolute atomic E-state index is 0.0924. The summed E-state index contributed by atoms with van der Waals surface area (Å²) < 4.78 is 29.4. The summed E-state index contributed by atoms with van der Waals surface area (Å²) in [5.41, 5.74) is 2.55. The van der Waals surface area contributed by atoms with Crippen LogP contribution in [-0.2, 0) is 25.6 Å². The number of benzene rings is 2. The Hall–Kier alpha value is -2.84. The van der Waals surface area contributed by atoms with Gasteiger partial charge in [-0.3, -0.25) is 4.79 Å². The SMILES string of the molecule is Cn1cnnc1C1(c2cccc(N3Cc4c(Cl)cc(CO)cc4C3=O)c2)CC2(CC(F)(F)C2)C1. The number of rotatable bonds is 4. The Bertz CT molecular complexity index is 1320. The van der Waals surface area contributed by atoms with Crippen LogP contribution in [0.15, 0.2) is 42.7 Å². The van der Waals surface area contributed by atoms with E-state index in [4.69, 9.17) is 11.6 Å². The quantitative estimate of drug-likeness (QED) is 0.586. The second-order valence-corrected chi connectivity index (χ2v) is 10.5. The van der Waals surface area contributed by atoms with Crippen molar-refractivity contribution in [2.75, 3.05) is 4.90 Å². The summed E-state index contributed by atoms with van der Waals surface area (Å²) >= 11 is 6.40. The number of halogens is 3. The number of carbonyl (C=O) groups excluding carboxylic acids is 1. The van der Waals surface area contributed by atoms with Crippen molar-refractivity contribution in [1.29, 1.82) is 0 Å². The molecule has 1 N–H and O–H groups in total. The normalized spacial score (nSPS) is 21.3. The van der Waals surface area contributed by atoms with Crippen LogP contribution in [0.3, 0.4) is 0 Å². The van der Waals surface area contributed by atoms with Crippen molar-refractivity contribution in [1.82, 2.24) is 14.8 Å². The van der Waals surface area contributed by atoms with Crippen LogP contribution < -0.4 is 4.90 Å². The predicted octanol–water partition coefficient (Wildman–Crippen LogP) is 4.62. The van der Waals surface area contributed by atoms with Crippen molar-refractivity contribution in [3.8, 4) is 0 Å². The van der Waals surface area contributed by atoms with Gasteiger partial charge in [-0.05, 0) is 53.6 Å². The lowest BCUT2D eigenvalue weighted by Gasteiger charge is -2.62. The first-order chi connectivity index (χ1) is 16.2. The zero-order valence-electron chi connectivity index (χ0n) is 18.6. The molecule has 0 radical (unpaired) electrons. The van der Waals surface area contributed by atoms with Gasteiger partial charge in [0.15, 0.2) is 0 Å². The number of fused-ring (bicyclic) bond motifs is 1. The van der Waals surface area contributed by atoms with Crippen LogP contribution in [0.1, 0.15) is 58.6 Å². The van der Waals surface area contributed by atoms with Crippen LogP contribution in [0.4, 0.5) is 14.5 Å². The molecular formula is C25H23ClF2N4O2. The summed E-state index contributed by atoms with van der Waals surface area (Å²) in [6, 6.07) is 11.1. The molecule has 2 fully saturated rings. The van der Waals surface area contributed by atoms with Gasteiger partial charge < -0.3 is 14.6 Å². The van der Waals surface area contributed by atoms with Crippen LogP contribution in [0.5, 0.6) is 0 Å². The van der Waals surface area contributed by atoms with Crippen molar-refractivity contribution in [2.45, 2.75) is 50.2 Å². The summed E-state index contributed by atoms with van der Waals surface area (Å²) in [4.78, 5) is 14.9. The molecule has 1 spiro atoms. The highest BCUT2D eigenvalue weighted by molar-refractivity contribution is 6.32. The number of carbonyl (C=O) groups is 1. The Morgan fingerprint density at radius 2 is 1.91 bits per heavy atom. The summed E-state index contributed by atoms with van der Waals surface area (Å²) in [5, 5.41) is 18.3. The molecule has 2 aromatic carbocycles. The van der Waals surface area contributed by atoms with E-state index in [9.17, 15) is 18.7 Å². The van der Waals surface area contributed by atoms with E-state index in [1.807, 2.05) is 35.9 Å². The highest BCUT2D eigenvalue weighted by Gasteiger charge is 2.68. The zero-order chi connectivity index (χ0) is 23.9. The molecule has 34 heavy (non-hydrogen) atoms. The van der Waals surface area contributed by atoms with Gasteiger partial charge in [0.1, 0.15) is 12.2 Å². The Morgan fingerprint density at radius 1 is 1.15 bits per heavy atom. The van der Waals surface area contributed by atoms with E-state index in [0.29, 0.717) is 41.2 Å². The molecular weight excluding hydrogens is 462 g/mol. The monoisotopic (exact) mass is 484 g/mol. The molecule has 1 aromatic heterocycles. The maximum absolute atomic E-state index is 13.8. The first kappa shape index (κ1) is 21.7. The molecule has 1 amide bonds. The number of amides is 1. The van der Waals surface area contributed by atoms with E-state index >= 15 is 0 Å². The van der Waals surface area contributed by atoms with Gasteiger partial charge in [-0.15, -0.1) is 10.2 Å². The molecule has 3 aromatic rings. The number of anilines is 1. The number of hydrogen-bond donors (Lipinski definition) is 1. The number of aliphatic hydroxyl groups excluding tert-OH is 1. The lowest BCUT2D eigenvalue weighted by molar-refractivity contribution is -0.209. The van der Waals surface area contributed by atoms with Crippen molar-refractivity contribution < 1.29 is 18.7 Å². The van der Waals surface area contributed by atoms with Gasteiger partial charge in [0, 0.05) is 41.7 Å². The molecule has 0 unspecified atom stereocenters. The minimum Gasteiger partial charge on any atom is -0.392 e.